The summed E-state index contributed by atoms with van der Waals surface area (Å²) in [5, 5.41) is 8.82. The van der Waals surface area contributed by atoms with Gasteiger partial charge in [0, 0.05) is 19.3 Å². The highest BCUT2D eigenvalue weighted by Gasteiger charge is 2.35. The molecule has 1 saturated carbocycles. The van der Waals surface area contributed by atoms with Crippen molar-refractivity contribution in [3.8, 4) is 0 Å². The number of nitrogens with zero attached hydrogens (tertiary/aromatic N) is 1. The topological polar surface area (TPSA) is 40.5 Å². The molecule has 1 aliphatic carbocycles. The van der Waals surface area contributed by atoms with Crippen molar-refractivity contribution in [1.82, 2.24) is 0 Å². The molecule has 1 fully saturated rings. The van der Waals surface area contributed by atoms with Crippen LogP contribution in [0.4, 0.5) is 18.9 Å². The molecule has 20 heavy (non-hydrogen) atoms. The van der Waals surface area contributed by atoms with E-state index in [9.17, 15) is 18.0 Å². The molecule has 0 spiro atoms. The number of benzene rings is 1. The summed E-state index contributed by atoms with van der Waals surface area (Å²) in [6.45, 7) is 0.565. The second kappa shape index (κ2) is 5.34. The number of hydrogen-bond donors (Lipinski definition) is 1. The summed E-state index contributed by atoms with van der Waals surface area (Å²) in [7, 11) is 1.61. The first-order valence-electron chi connectivity index (χ1n) is 6.44. The summed E-state index contributed by atoms with van der Waals surface area (Å²) in [6, 6.07) is 3.16. The summed E-state index contributed by atoms with van der Waals surface area (Å²) >= 11 is 0. The van der Waals surface area contributed by atoms with Crippen molar-refractivity contribution in [1.29, 1.82) is 0 Å². The monoisotopic (exact) mass is 287 g/mol. The zero-order chi connectivity index (χ0) is 14.9. The Labute approximate surface area is 115 Å². The maximum absolute atomic E-state index is 13.1. The first-order chi connectivity index (χ1) is 9.29. The van der Waals surface area contributed by atoms with E-state index in [1.165, 1.54) is 12.1 Å². The SMILES string of the molecule is CN(CC1CCC1)c1ccc(C(=O)O)cc1C(F)(F)F. The fourth-order valence-corrected chi connectivity index (χ4v) is 2.39. The van der Waals surface area contributed by atoms with Gasteiger partial charge in [-0.05, 0) is 37.0 Å². The van der Waals surface area contributed by atoms with Gasteiger partial charge in [0.05, 0.1) is 11.1 Å². The smallest absolute Gasteiger partial charge is 0.418 e. The molecule has 1 aliphatic rings. The number of anilines is 1. The summed E-state index contributed by atoms with van der Waals surface area (Å²) < 4.78 is 39.2. The van der Waals surface area contributed by atoms with Crippen molar-refractivity contribution in [3.63, 3.8) is 0 Å². The molecule has 0 amide bonds. The van der Waals surface area contributed by atoms with Gasteiger partial charge < -0.3 is 10.0 Å². The van der Waals surface area contributed by atoms with Crippen LogP contribution in [0.15, 0.2) is 18.2 Å². The number of carboxylic acids is 1. The van der Waals surface area contributed by atoms with Crippen LogP contribution < -0.4 is 4.90 Å². The van der Waals surface area contributed by atoms with Gasteiger partial charge in [0.2, 0.25) is 0 Å². The van der Waals surface area contributed by atoms with Gasteiger partial charge in [-0.15, -0.1) is 0 Å². The third-order valence-corrected chi connectivity index (χ3v) is 3.72. The lowest BCUT2D eigenvalue weighted by Crippen LogP contribution is -2.30. The van der Waals surface area contributed by atoms with Crippen molar-refractivity contribution >= 4 is 11.7 Å². The van der Waals surface area contributed by atoms with E-state index >= 15 is 0 Å². The van der Waals surface area contributed by atoms with E-state index in [4.69, 9.17) is 5.11 Å². The minimum atomic E-state index is -4.56. The zero-order valence-corrected chi connectivity index (χ0v) is 11.1. The van der Waals surface area contributed by atoms with Gasteiger partial charge >= 0.3 is 12.1 Å². The summed E-state index contributed by atoms with van der Waals surface area (Å²) in [6.07, 6.45) is -1.35. The molecule has 1 aromatic rings. The highest BCUT2D eigenvalue weighted by Crippen LogP contribution is 2.38. The number of rotatable bonds is 4. The normalized spacial score (nSPS) is 15.8. The molecule has 0 bridgehead atoms. The minimum absolute atomic E-state index is 0.0365. The molecule has 1 aromatic carbocycles. The number of carboxylic acid groups (broad SMARTS) is 1. The van der Waals surface area contributed by atoms with Gasteiger partial charge in [-0.1, -0.05) is 6.42 Å². The standard InChI is InChI=1S/C14H16F3NO2/c1-18(8-9-3-2-4-9)12-6-5-10(13(19)20)7-11(12)14(15,16)17/h5-7,9H,2-4,8H2,1H3,(H,19,20). The molecule has 110 valence electrons. The first-order valence-corrected chi connectivity index (χ1v) is 6.44. The fraction of sp³-hybridized carbons (Fsp3) is 0.500. The lowest BCUT2D eigenvalue weighted by molar-refractivity contribution is -0.137. The number of aromatic carboxylic acids is 1. The third-order valence-electron chi connectivity index (χ3n) is 3.72. The Bertz CT molecular complexity index is 510. The molecule has 0 atom stereocenters. The van der Waals surface area contributed by atoms with Crippen molar-refractivity contribution in [2.24, 2.45) is 5.92 Å². The molecule has 0 aromatic heterocycles. The average molecular weight is 287 g/mol. The summed E-state index contributed by atoms with van der Waals surface area (Å²) in [5.41, 5.74) is -1.20. The van der Waals surface area contributed by atoms with Crippen molar-refractivity contribution < 1.29 is 23.1 Å². The highest BCUT2D eigenvalue weighted by molar-refractivity contribution is 5.88. The molecule has 2 rings (SSSR count). The Kier molecular flexibility index (Phi) is 3.92. The second-order valence-electron chi connectivity index (χ2n) is 5.21. The van der Waals surface area contributed by atoms with Crippen LogP contribution in [0.1, 0.15) is 35.2 Å². The molecule has 0 radical (unpaired) electrons. The summed E-state index contributed by atoms with van der Waals surface area (Å²) in [4.78, 5) is 12.4. The van der Waals surface area contributed by atoms with Crippen LogP contribution in [-0.2, 0) is 6.18 Å². The van der Waals surface area contributed by atoms with Gasteiger partial charge in [-0.3, -0.25) is 0 Å². The number of halogens is 3. The molecular weight excluding hydrogens is 271 g/mol. The van der Waals surface area contributed by atoms with Crippen LogP contribution in [0.2, 0.25) is 0 Å². The van der Waals surface area contributed by atoms with Gasteiger partial charge in [-0.2, -0.15) is 13.2 Å². The van der Waals surface area contributed by atoms with E-state index in [-0.39, 0.29) is 11.3 Å². The van der Waals surface area contributed by atoms with E-state index in [1.54, 1.807) is 11.9 Å². The van der Waals surface area contributed by atoms with Gasteiger partial charge in [-0.25, -0.2) is 4.79 Å². The Morgan fingerprint density at radius 3 is 2.50 bits per heavy atom. The third kappa shape index (κ3) is 3.05. The zero-order valence-electron chi connectivity index (χ0n) is 11.1. The fourth-order valence-electron chi connectivity index (χ4n) is 2.39. The van der Waals surface area contributed by atoms with Gasteiger partial charge in [0.1, 0.15) is 0 Å². The van der Waals surface area contributed by atoms with E-state index in [0.29, 0.717) is 18.5 Å². The van der Waals surface area contributed by atoms with Crippen LogP contribution >= 0.6 is 0 Å². The molecule has 0 unspecified atom stereocenters. The maximum atomic E-state index is 13.1. The molecular formula is C14H16F3NO2. The number of carbonyl (C=O) groups is 1. The van der Waals surface area contributed by atoms with Crippen molar-refractivity contribution in [3.05, 3.63) is 29.3 Å². The Morgan fingerprint density at radius 1 is 1.40 bits per heavy atom. The van der Waals surface area contributed by atoms with Crippen molar-refractivity contribution in [2.75, 3.05) is 18.5 Å². The lowest BCUT2D eigenvalue weighted by atomic mass is 9.85. The molecule has 1 N–H and O–H groups in total. The highest BCUT2D eigenvalue weighted by atomic mass is 19.4. The van der Waals surface area contributed by atoms with Crippen LogP contribution in [0, 0.1) is 5.92 Å². The van der Waals surface area contributed by atoms with E-state index in [2.05, 4.69) is 0 Å². The Morgan fingerprint density at radius 2 is 2.05 bits per heavy atom. The maximum Gasteiger partial charge on any atom is 0.418 e. The number of alkyl halides is 3. The van der Waals surface area contributed by atoms with E-state index in [0.717, 1.165) is 19.3 Å². The molecule has 3 nitrogen and oxygen atoms in total. The summed E-state index contributed by atoms with van der Waals surface area (Å²) in [5.74, 6) is -0.927. The van der Waals surface area contributed by atoms with Crippen LogP contribution in [-0.4, -0.2) is 24.7 Å². The largest absolute Gasteiger partial charge is 0.478 e. The molecule has 0 heterocycles. The van der Waals surface area contributed by atoms with Crippen LogP contribution in [0.3, 0.4) is 0 Å². The van der Waals surface area contributed by atoms with Crippen LogP contribution in [0.25, 0.3) is 0 Å². The van der Waals surface area contributed by atoms with E-state index < -0.39 is 17.7 Å². The predicted octanol–water partition coefficient (Wildman–Crippen LogP) is 3.64. The lowest BCUT2D eigenvalue weighted by Gasteiger charge is -2.32. The predicted molar refractivity (Wildman–Crippen MR) is 69.0 cm³/mol. The Balaban J connectivity index is 2.32. The molecule has 0 aliphatic heterocycles. The van der Waals surface area contributed by atoms with Gasteiger partial charge in [0.15, 0.2) is 0 Å². The molecule has 0 saturated heterocycles. The molecule has 6 heteroatoms. The minimum Gasteiger partial charge on any atom is -0.478 e. The first kappa shape index (κ1) is 14.7. The second-order valence-corrected chi connectivity index (χ2v) is 5.21. The van der Waals surface area contributed by atoms with Crippen LogP contribution in [0.5, 0.6) is 0 Å². The number of hydrogen-bond acceptors (Lipinski definition) is 2. The Hall–Kier alpha value is -1.72. The van der Waals surface area contributed by atoms with Crippen molar-refractivity contribution in [2.45, 2.75) is 25.4 Å². The van der Waals surface area contributed by atoms with Gasteiger partial charge in [0.25, 0.3) is 0 Å². The quantitative estimate of drug-likeness (QED) is 0.919. The average Bonchev–Trinajstić information content (AvgIpc) is 2.31. The van der Waals surface area contributed by atoms with E-state index in [1.807, 2.05) is 0 Å².